The zero-order valence-corrected chi connectivity index (χ0v) is 12.7. The Morgan fingerprint density at radius 2 is 1.60 bits per heavy atom. The highest BCUT2D eigenvalue weighted by Crippen LogP contribution is 2.27. The molecule has 0 spiro atoms. The van der Waals surface area contributed by atoms with Gasteiger partial charge in [0.2, 0.25) is 0 Å². The van der Waals surface area contributed by atoms with E-state index in [1.807, 2.05) is 0 Å². The third-order valence-corrected chi connectivity index (χ3v) is 4.04. The molecule has 1 unspecified atom stereocenters. The van der Waals surface area contributed by atoms with E-state index in [1.165, 1.54) is 18.2 Å². The summed E-state index contributed by atoms with van der Waals surface area (Å²) in [4.78, 5) is 0. The fourth-order valence-electron chi connectivity index (χ4n) is 1.99. The highest BCUT2D eigenvalue weighted by Gasteiger charge is 2.14. The minimum absolute atomic E-state index is 0.234. The molecule has 0 aliphatic rings. The van der Waals surface area contributed by atoms with Crippen LogP contribution in [-0.4, -0.2) is 11.2 Å². The monoisotopic (exact) mass is 332 g/mol. The van der Waals surface area contributed by atoms with E-state index < -0.39 is 6.10 Å². The molecule has 0 aromatic heterocycles. The molecule has 0 amide bonds. The molecule has 0 aliphatic heterocycles. The molecule has 0 aliphatic carbocycles. The molecule has 0 radical (unpaired) electrons. The minimum Gasteiger partial charge on any atom is -0.392 e. The first-order valence-corrected chi connectivity index (χ1v) is 7.15. The first kappa shape index (κ1) is 15.6. The van der Waals surface area contributed by atoms with Gasteiger partial charge in [-0.1, -0.05) is 40.9 Å². The largest absolute Gasteiger partial charge is 0.392 e. The van der Waals surface area contributed by atoms with Crippen LogP contribution in [0.25, 0.3) is 0 Å². The number of aliphatic hydroxyl groups is 1. The molecule has 0 fully saturated rings. The van der Waals surface area contributed by atoms with Crippen LogP contribution >= 0.6 is 34.8 Å². The van der Waals surface area contributed by atoms with Crippen LogP contribution < -0.4 is 0 Å². The van der Waals surface area contributed by atoms with Gasteiger partial charge in [-0.25, -0.2) is 4.39 Å². The van der Waals surface area contributed by atoms with Crippen molar-refractivity contribution in [3.05, 3.63) is 68.4 Å². The fraction of sp³-hybridized carbons (Fsp3) is 0.200. The van der Waals surface area contributed by atoms with Crippen molar-refractivity contribution in [2.24, 2.45) is 0 Å². The second kappa shape index (κ2) is 6.77. The van der Waals surface area contributed by atoms with E-state index in [0.717, 1.165) is 0 Å². The molecule has 2 rings (SSSR count). The van der Waals surface area contributed by atoms with Crippen molar-refractivity contribution < 1.29 is 9.50 Å². The lowest BCUT2D eigenvalue weighted by molar-refractivity contribution is 0.175. The summed E-state index contributed by atoms with van der Waals surface area (Å²) < 4.78 is 13.2. The Kier molecular flexibility index (Phi) is 5.28. The third-order valence-electron chi connectivity index (χ3n) is 2.96. The summed E-state index contributed by atoms with van der Waals surface area (Å²) in [6.45, 7) is 0. The summed E-state index contributed by atoms with van der Waals surface area (Å²) in [5.41, 5.74) is 1.23. The number of halogens is 4. The fourth-order valence-corrected chi connectivity index (χ4v) is 2.74. The molecule has 5 heteroatoms. The van der Waals surface area contributed by atoms with Crippen LogP contribution in [0, 0.1) is 5.82 Å². The van der Waals surface area contributed by atoms with Crippen LogP contribution in [0.2, 0.25) is 15.1 Å². The van der Waals surface area contributed by atoms with E-state index in [1.54, 1.807) is 18.2 Å². The van der Waals surface area contributed by atoms with Gasteiger partial charge in [-0.3, -0.25) is 0 Å². The molecule has 2 aromatic rings. The topological polar surface area (TPSA) is 20.2 Å². The zero-order valence-electron chi connectivity index (χ0n) is 10.4. The lowest BCUT2D eigenvalue weighted by Gasteiger charge is -2.14. The highest BCUT2D eigenvalue weighted by molar-refractivity contribution is 6.36. The highest BCUT2D eigenvalue weighted by atomic mass is 35.5. The van der Waals surface area contributed by atoms with Crippen LogP contribution in [0.5, 0.6) is 0 Å². The SMILES string of the molecule is OC(Cc1cc(F)ccc1Cl)Cc1c(Cl)cccc1Cl. The van der Waals surface area contributed by atoms with Crippen molar-refractivity contribution in [3.63, 3.8) is 0 Å². The maximum absolute atomic E-state index is 13.2. The Bertz CT molecular complexity index is 596. The van der Waals surface area contributed by atoms with Crippen molar-refractivity contribution in [2.45, 2.75) is 18.9 Å². The van der Waals surface area contributed by atoms with Gasteiger partial charge in [0.1, 0.15) is 5.82 Å². The summed E-state index contributed by atoms with van der Waals surface area (Å²) >= 11 is 18.1. The normalized spacial score (nSPS) is 12.4. The predicted molar refractivity (Wildman–Crippen MR) is 81.3 cm³/mol. The van der Waals surface area contributed by atoms with Gasteiger partial charge in [0, 0.05) is 27.9 Å². The van der Waals surface area contributed by atoms with Gasteiger partial charge in [0.05, 0.1) is 6.10 Å². The molecule has 1 atom stereocenters. The summed E-state index contributed by atoms with van der Waals surface area (Å²) in [6.07, 6.45) is -0.226. The quantitative estimate of drug-likeness (QED) is 0.841. The second-order valence-corrected chi connectivity index (χ2v) is 5.72. The smallest absolute Gasteiger partial charge is 0.123 e. The Morgan fingerprint density at radius 3 is 2.25 bits per heavy atom. The number of benzene rings is 2. The molecule has 0 saturated carbocycles. The molecule has 0 saturated heterocycles. The van der Waals surface area contributed by atoms with Gasteiger partial charge in [0.15, 0.2) is 0 Å². The first-order valence-electron chi connectivity index (χ1n) is 6.02. The summed E-state index contributed by atoms with van der Waals surface area (Å²) in [6, 6.07) is 9.24. The standard InChI is InChI=1S/C15H12Cl3FO/c16-13-5-4-10(19)6-9(13)7-11(20)8-12-14(17)2-1-3-15(12)18/h1-6,11,20H,7-8H2. The molecular formula is C15H12Cl3FO. The van der Waals surface area contributed by atoms with Crippen LogP contribution in [0.15, 0.2) is 36.4 Å². The second-order valence-electron chi connectivity index (χ2n) is 4.50. The zero-order chi connectivity index (χ0) is 14.7. The number of aliphatic hydroxyl groups excluding tert-OH is 1. The van der Waals surface area contributed by atoms with Gasteiger partial charge in [0.25, 0.3) is 0 Å². The van der Waals surface area contributed by atoms with E-state index >= 15 is 0 Å². The Balaban J connectivity index is 2.13. The molecular weight excluding hydrogens is 322 g/mol. The lowest BCUT2D eigenvalue weighted by Crippen LogP contribution is -2.15. The van der Waals surface area contributed by atoms with Crippen LogP contribution in [0.3, 0.4) is 0 Å². The lowest BCUT2D eigenvalue weighted by atomic mass is 10.0. The molecule has 2 aromatic carbocycles. The van der Waals surface area contributed by atoms with Gasteiger partial charge in [-0.15, -0.1) is 0 Å². The van der Waals surface area contributed by atoms with Gasteiger partial charge < -0.3 is 5.11 Å². The number of hydrogen-bond acceptors (Lipinski definition) is 1. The van der Waals surface area contributed by atoms with Crippen LogP contribution in [0.4, 0.5) is 4.39 Å². The van der Waals surface area contributed by atoms with E-state index in [0.29, 0.717) is 26.2 Å². The predicted octanol–water partition coefficient (Wildman–Crippen LogP) is 4.93. The minimum atomic E-state index is -0.744. The van der Waals surface area contributed by atoms with E-state index in [4.69, 9.17) is 34.8 Å². The molecule has 20 heavy (non-hydrogen) atoms. The number of hydrogen-bond donors (Lipinski definition) is 1. The average Bonchev–Trinajstić information content (AvgIpc) is 2.38. The maximum Gasteiger partial charge on any atom is 0.123 e. The Hall–Kier alpha value is -0.800. The van der Waals surface area contributed by atoms with Crippen LogP contribution in [-0.2, 0) is 12.8 Å². The van der Waals surface area contributed by atoms with Gasteiger partial charge in [-0.05, 0) is 41.5 Å². The molecule has 106 valence electrons. The summed E-state index contributed by atoms with van der Waals surface area (Å²) in [7, 11) is 0. The summed E-state index contributed by atoms with van der Waals surface area (Å²) in [5, 5.41) is 11.6. The molecule has 0 heterocycles. The van der Waals surface area contributed by atoms with E-state index in [9.17, 15) is 9.50 Å². The van der Waals surface area contributed by atoms with Crippen molar-refractivity contribution in [2.75, 3.05) is 0 Å². The molecule has 1 nitrogen and oxygen atoms in total. The molecule has 0 bridgehead atoms. The maximum atomic E-state index is 13.2. The van der Waals surface area contributed by atoms with Crippen LogP contribution in [0.1, 0.15) is 11.1 Å². The summed E-state index contributed by atoms with van der Waals surface area (Å²) in [5.74, 6) is -0.382. The van der Waals surface area contributed by atoms with E-state index in [2.05, 4.69) is 0 Å². The number of rotatable bonds is 4. The molecule has 1 N–H and O–H groups in total. The van der Waals surface area contributed by atoms with Crippen molar-refractivity contribution in [1.82, 2.24) is 0 Å². The van der Waals surface area contributed by atoms with E-state index in [-0.39, 0.29) is 18.7 Å². The Labute approximate surface area is 131 Å². The van der Waals surface area contributed by atoms with Crippen molar-refractivity contribution >= 4 is 34.8 Å². The first-order chi connectivity index (χ1) is 9.47. The Morgan fingerprint density at radius 1 is 0.950 bits per heavy atom. The third kappa shape index (κ3) is 3.86. The average molecular weight is 334 g/mol. The van der Waals surface area contributed by atoms with Crippen molar-refractivity contribution in [3.8, 4) is 0 Å². The van der Waals surface area contributed by atoms with Gasteiger partial charge in [-0.2, -0.15) is 0 Å². The van der Waals surface area contributed by atoms with Crippen molar-refractivity contribution in [1.29, 1.82) is 0 Å². The van der Waals surface area contributed by atoms with Gasteiger partial charge >= 0.3 is 0 Å².